The molecule has 0 atom stereocenters. The van der Waals surface area contributed by atoms with Crippen LogP contribution in [0.2, 0.25) is 0 Å². The zero-order valence-corrected chi connectivity index (χ0v) is 18.1. The van der Waals surface area contributed by atoms with E-state index in [1.54, 1.807) is 54.6 Å². The Bertz CT molecular complexity index is 1400. The highest BCUT2D eigenvalue weighted by Crippen LogP contribution is 2.26. The van der Waals surface area contributed by atoms with Crippen molar-refractivity contribution in [2.75, 3.05) is 5.32 Å². The Morgan fingerprint density at radius 2 is 1.85 bits per heavy atom. The molecule has 7 nitrogen and oxygen atoms in total. The van der Waals surface area contributed by atoms with E-state index in [4.69, 9.17) is 10.00 Å². The van der Waals surface area contributed by atoms with Crippen LogP contribution >= 0.6 is 0 Å². The Balaban J connectivity index is 1.32. The molecule has 0 aliphatic rings. The van der Waals surface area contributed by atoms with Crippen molar-refractivity contribution in [1.82, 2.24) is 9.97 Å². The quantitative estimate of drug-likeness (QED) is 0.429. The molecule has 4 rings (SSSR count). The molecule has 0 spiro atoms. The van der Waals surface area contributed by atoms with Crippen molar-refractivity contribution in [3.63, 3.8) is 0 Å². The molecule has 1 heterocycles. The van der Waals surface area contributed by atoms with Crippen LogP contribution in [0, 0.1) is 18.3 Å². The maximum Gasteiger partial charge on any atom is 0.258 e. The number of para-hydroxylation sites is 1. The number of amides is 1. The summed E-state index contributed by atoms with van der Waals surface area (Å²) in [5.41, 5.74) is 2.64. The minimum absolute atomic E-state index is 0.109. The molecule has 0 aliphatic heterocycles. The van der Waals surface area contributed by atoms with Crippen LogP contribution in [-0.4, -0.2) is 15.9 Å². The lowest BCUT2D eigenvalue weighted by Crippen LogP contribution is -2.14. The number of ether oxygens (including phenoxy) is 1. The van der Waals surface area contributed by atoms with Gasteiger partial charge in [0.05, 0.1) is 22.5 Å². The molecule has 0 unspecified atom stereocenters. The number of nitrogens with one attached hydrogen (secondary N) is 2. The van der Waals surface area contributed by atoms with Crippen molar-refractivity contribution >= 4 is 22.5 Å². The van der Waals surface area contributed by atoms with Crippen LogP contribution in [0.1, 0.15) is 29.8 Å². The second-order valence-corrected chi connectivity index (χ2v) is 7.65. The van der Waals surface area contributed by atoms with Gasteiger partial charge in [-0.15, -0.1) is 0 Å². The first kappa shape index (κ1) is 21.8. The molecule has 0 radical (unpaired) electrons. The molecular formula is C26H22N4O3. The summed E-state index contributed by atoms with van der Waals surface area (Å²) in [7, 11) is 0. The molecule has 33 heavy (non-hydrogen) atoms. The molecule has 1 aromatic heterocycles. The van der Waals surface area contributed by atoms with Crippen molar-refractivity contribution in [2.24, 2.45) is 0 Å². The average molecular weight is 438 g/mol. The molecule has 7 heteroatoms. The number of nitrogens with zero attached hydrogens (tertiary/aromatic N) is 2. The zero-order valence-electron chi connectivity index (χ0n) is 18.1. The summed E-state index contributed by atoms with van der Waals surface area (Å²) in [6.07, 6.45) is 1.37. The minimum atomic E-state index is -0.168. The highest BCUT2D eigenvalue weighted by atomic mass is 16.5. The number of aromatic amines is 1. The third kappa shape index (κ3) is 5.43. The largest absolute Gasteiger partial charge is 0.457 e. The summed E-state index contributed by atoms with van der Waals surface area (Å²) in [6, 6.07) is 21.5. The summed E-state index contributed by atoms with van der Waals surface area (Å²) < 4.78 is 5.81. The van der Waals surface area contributed by atoms with E-state index in [2.05, 4.69) is 21.4 Å². The number of H-pyrrole nitrogens is 1. The molecule has 3 aromatic carbocycles. The summed E-state index contributed by atoms with van der Waals surface area (Å²) >= 11 is 0. The van der Waals surface area contributed by atoms with E-state index in [0.29, 0.717) is 58.7 Å². The summed E-state index contributed by atoms with van der Waals surface area (Å²) in [4.78, 5) is 31.8. The lowest BCUT2D eigenvalue weighted by molar-refractivity contribution is -0.116. The van der Waals surface area contributed by atoms with Gasteiger partial charge in [0.25, 0.3) is 5.56 Å². The fourth-order valence-electron chi connectivity index (χ4n) is 3.46. The van der Waals surface area contributed by atoms with Gasteiger partial charge in [-0.1, -0.05) is 12.1 Å². The molecule has 1 amide bonds. The Kier molecular flexibility index (Phi) is 6.46. The first-order valence-electron chi connectivity index (χ1n) is 10.6. The average Bonchev–Trinajstić information content (AvgIpc) is 2.81. The third-order valence-corrected chi connectivity index (χ3v) is 5.17. The summed E-state index contributed by atoms with van der Waals surface area (Å²) in [5, 5.41) is 12.4. The lowest BCUT2D eigenvalue weighted by Gasteiger charge is -2.11. The molecular weight excluding hydrogens is 416 g/mol. The SMILES string of the molecule is Cc1cc(Oc2ccc(C#N)cc2)ccc1NC(=O)CCCc1nc2ccccc2c(=O)[nH]1. The summed E-state index contributed by atoms with van der Waals surface area (Å²) in [5.74, 6) is 1.74. The van der Waals surface area contributed by atoms with Gasteiger partial charge in [0.1, 0.15) is 17.3 Å². The third-order valence-electron chi connectivity index (χ3n) is 5.17. The molecule has 0 fully saturated rings. The van der Waals surface area contributed by atoms with Crippen molar-refractivity contribution in [3.8, 4) is 17.6 Å². The Hall–Kier alpha value is -4.44. The van der Waals surface area contributed by atoms with Gasteiger partial charge in [-0.2, -0.15) is 5.26 Å². The minimum Gasteiger partial charge on any atom is -0.457 e. The molecule has 2 N–H and O–H groups in total. The van der Waals surface area contributed by atoms with Gasteiger partial charge in [-0.3, -0.25) is 9.59 Å². The van der Waals surface area contributed by atoms with Gasteiger partial charge in [-0.25, -0.2) is 4.98 Å². The van der Waals surface area contributed by atoms with Gasteiger partial charge < -0.3 is 15.0 Å². The number of hydrogen-bond donors (Lipinski definition) is 2. The fourth-order valence-corrected chi connectivity index (χ4v) is 3.46. The summed E-state index contributed by atoms with van der Waals surface area (Å²) in [6.45, 7) is 1.89. The maximum atomic E-state index is 12.4. The van der Waals surface area contributed by atoms with E-state index in [1.807, 2.05) is 19.1 Å². The maximum absolute atomic E-state index is 12.4. The van der Waals surface area contributed by atoms with Crippen molar-refractivity contribution in [1.29, 1.82) is 5.26 Å². The highest BCUT2D eigenvalue weighted by molar-refractivity contribution is 5.91. The van der Waals surface area contributed by atoms with E-state index in [0.717, 1.165) is 5.56 Å². The first-order chi connectivity index (χ1) is 16.0. The van der Waals surface area contributed by atoms with E-state index in [9.17, 15) is 9.59 Å². The number of aromatic nitrogens is 2. The molecule has 0 saturated heterocycles. The number of rotatable bonds is 7. The molecule has 4 aromatic rings. The number of carbonyl (C=O) groups is 1. The van der Waals surface area contributed by atoms with Crippen LogP contribution in [0.3, 0.4) is 0 Å². The van der Waals surface area contributed by atoms with Gasteiger partial charge >= 0.3 is 0 Å². The van der Waals surface area contributed by atoms with Crippen LogP contribution in [0.4, 0.5) is 5.69 Å². The van der Waals surface area contributed by atoms with Gasteiger partial charge in [0.2, 0.25) is 5.91 Å². The second-order valence-electron chi connectivity index (χ2n) is 7.65. The number of anilines is 1. The van der Waals surface area contributed by atoms with Crippen molar-refractivity contribution in [3.05, 3.63) is 94.0 Å². The van der Waals surface area contributed by atoms with Crippen LogP contribution in [0.5, 0.6) is 11.5 Å². The number of hydrogen-bond acceptors (Lipinski definition) is 5. The second kappa shape index (κ2) is 9.79. The van der Waals surface area contributed by atoms with Crippen molar-refractivity contribution < 1.29 is 9.53 Å². The Labute approximate surface area is 190 Å². The van der Waals surface area contributed by atoms with Gasteiger partial charge in [0, 0.05) is 18.5 Å². The van der Waals surface area contributed by atoms with Gasteiger partial charge in [-0.05, 0) is 73.5 Å². The predicted molar refractivity (Wildman–Crippen MR) is 126 cm³/mol. The number of carbonyl (C=O) groups excluding carboxylic acids is 1. The molecule has 0 saturated carbocycles. The first-order valence-corrected chi connectivity index (χ1v) is 10.6. The Morgan fingerprint density at radius 3 is 2.61 bits per heavy atom. The normalized spacial score (nSPS) is 10.5. The zero-order chi connectivity index (χ0) is 23.2. The van der Waals surface area contributed by atoms with Crippen LogP contribution < -0.4 is 15.6 Å². The lowest BCUT2D eigenvalue weighted by atomic mass is 10.1. The number of fused-ring (bicyclic) bond motifs is 1. The topological polar surface area (TPSA) is 108 Å². The van der Waals surface area contributed by atoms with Gasteiger partial charge in [0.15, 0.2) is 0 Å². The van der Waals surface area contributed by atoms with E-state index in [-0.39, 0.29) is 11.5 Å². The molecule has 164 valence electrons. The van der Waals surface area contributed by atoms with Crippen LogP contribution in [0.25, 0.3) is 10.9 Å². The molecule has 0 bridgehead atoms. The standard InChI is InChI=1S/C26H22N4O3/c1-17-15-20(33-19-11-9-18(16-27)10-12-19)13-14-22(17)29-25(31)8-4-7-24-28-23-6-3-2-5-21(23)26(32)30-24/h2-3,5-6,9-15H,4,7-8H2,1H3,(H,29,31)(H,28,30,32). The van der Waals surface area contributed by atoms with E-state index < -0.39 is 0 Å². The van der Waals surface area contributed by atoms with Crippen molar-refractivity contribution in [2.45, 2.75) is 26.2 Å². The highest BCUT2D eigenvalue weighted by Gasteiger charge is 2.09. The molecule has 0 aliphatic carbocycles. The number of benzene rings is 3. The monoisotopic (exact) mass is 438 g/mol. The van der Waals surface area contributed by atoms with E-state index >= 15 is 0 Å². The van der Waals surface area contributed by atoms with Crippen LogP contribution in [0.15, 0.2) is 71.5 Å². The predicted octanol–water partition coefficient (Wildman–Crippen LogP) is 4.86. The fraction of sp³-hybridized carbons (Fsp3) is 0.154. The smallest absolute Gasteiger partial charge is 0.258 e. The Morgan fingerprint density at radius 1 is 1.09 bits per heavy atom. The number of aryl methyl sites for hydroxylation is 2. The number of nitriles is 1. The van der Waals surface area contributed by atoms with Crippen LogP contribution in [-0.2, 0) is 11.2 Å². The van der Waals surface area contributed by atoms with E-state index in [1.165, 1.54) is 0 Å².